The van der Waals surface area contributed by atoms with E-state index in [1.165, 1.54) is 52.7 Å². The summed E-state index contributed by atoms with van der Waals surface area (Å²) in [7, 11) is 0. The molecule has 1 rings (SSSR count). The topological polar surface area (TPSA) is 17.1 Å². The first-order valence-corrected chi connectivity index (χ1v) is 15.8. The Morgan fingerprint density at radius 1 is 0.523 bits per heavy atom. The molecule has 0 N–H and O–H groups in total. The van der Waals surface area contributed by atoms with Gasteiger partial charge in [-0.2, -0.15) is 0 Å². The summed E-state index contributed by atoms with van der Waals surface area (Å²) in [5, 5.41) is 0. The van der Waals surface area contributed by atoms with E-state index in [4.69, 9.17) is 0 Å². The molecule has 1 heteroatoms. The van der Waals surface area contributed by atoms with Gasteiger partial charge in [0, 0.05) is 0 Å². The minimum atomic E-state index is 0.0563. The van der Waals surface area contributed by atoms with Crippen LogP contribution < -0.4 is 0 Å². The second kappa shape index (κ2) is 20.9. The van der Waals surface area contributed by atoms with Crippen LogP contribution >= 0.6 is 0 Å². The predicted molar refractivity (Wildman–Crippen MR) is 198 cm³/mol. The van der Waals surface area contributed by atoms with Crippen LogP contribution in [0.4, 0.5) is 0 Å². The molecule has 1 aliphatic rings. The van der Waals surface area contributed by atoms with E-state index in [9.17, 15) is 4.79 Å². The lowest BCUT2D eigenvalue weighted by atomic mass is 9.72. The summed E-state index contributed by atoms with van der Waals surface area (Å²) < 4.78 is 0. The Hall–Kier alpha value is -3.97. The maximum absolute atomic E-state index is 11.0. The summed E-state index contributed by atoms with van der Waals surface area (Å²) in [5.74, 6) is 0.0563. The van der Waals surface area contributed by atoms with Gasteiger partial charge in [-0.05, 0) is 91.7 Å². The number of carbonyl (C=O) groups is 1. The van der Waals surface area contributed by atoms with E-state index in [2.05, 4.69) is 153 Å². The van der Waals surface area contributed by atoms with Crippen molar-refractivity contribution < 1.29 is 4.79 Å². The van der Waals surface area contributed by atoms with E-state index >= 15 is 0 Å². The lowest BCUT2D eigenvalue weighted by Gasteiger charge is -2.32. The largest absolute Gasteiger partial charge is 0.295 e. The van der Waals surface area contributed by atoms with Crippen molar-refractivity contribution in [1.82, 2.24) is 0 Å². The first-order valence-electron chi connectivity index (χ1n) is 15.8. The lowest BCUT2D eigenvalue weighted by Crippen LogP contribution is -2.19. The standard InChI is InChI=1S/C43H56O/c1-34(20-13-22-36(3)23-14-24-37(4)25-16-26-38(5)29-31-41(8)44)18-11-12-19-35(2)21-15-27-39(6)30-32-42-40(7)28-17-33-43(42,9)10/h11-16,18-27,29-32H,17,28,33H2,1-10H3. The first kappa shape index (κ1) is 38.1. The Labute approximate surface area is 270 Å². The molecule has 0 radical (unpaired) electrons. The van der Waals surface area contributed by atoms with Crippen molar-refractivity contribution >= 4 is 5.78 Å². The number of carbonyl (C=O) groups excluding carboxylic acids is 1. The van der Waals surface area contributed by atoms with Gasteiger partial charge in [0.1, 0.15) is 0 Å². The van der Waals surface area contributed by atoms with E-state index in [0.717, 1.165) is 11.1 Å². The van der Waals surface area contributed by atoms with E-state index in [0.29, 0.717) is 0 Å². The second-order valence-electron chi connectivity index (χ2n) is 12.5. The van der Waals surface area contributed by atoms with Gasteiger partial charge in [-0.15, -0.1) is 0 Å². The van der Waals surface area contributed by atoms with Crippen LogP contribution in [0.5, 0.6) is 0 Å². The molecular formula is C43H56O. The minimum Gasteiger partial charge on any atom is -0.295 e. The van der Waals surface area contributed by atoms with Crippen LogP contribution in [0.3, 0.4) is 0 Å². The molecule has 0 aromatic carbocycles. The highest BCUT2D eigenvalue weighted by atomic mass is 16.1. The van der Waals surface area contributed by atoms with Gasteiger partial charge < -0.3 is 0 Å². The summed E-state index contributed by atoms with van der Waals surface area (Å²) >= 11 is 0. The van der Waals surface area contributed by atoms with Gasteiger partial charge in [0.15, 0.2) is 5.78 Å². The highest BCUT2D eigenvalue weighted by Gasteiger charge is 2.26. The van der Waals surface area contributed by atoms with E-state index in [1.54, 1.807) is 13.0 Å². The molecule has 1 aliphatic carbocycles. The Balaban J connectivity index is 2.60. The van der Waals surface area contributed by atoms with Gasteiger partial charge >= 0.3 is 0 Å². The molecule has 0 aromatic rings. The molecule has 0 saturated heterocycles. The number of hydrogen-bond acceptors (Lipinski definition) is 1. The molecule has 0 spiro atoms. The molecule has 0 saturated carbocycles. The van der Waals surface area contributed by atoms with Crippen LogP contribution in [-0.2, 0) is 4.79 Å². The summed E-state index contributed by atoms with van der Waals surface area (Å²) in [6, 6.07) is 0. The minimum absolute atomic E-state index is 0.0563. The Morgan fingerprint density at radius 3 is 1.27 bits per heavy atom. The Kier molecular flexibility index (Phi) is 18.0. The van der Waals surface area contributed by atoms with Crippen molar-refractivity contribution in [2.75, 3.05) is 0 Å². The monoisotopic (exact) mass is 588 g/mol. The van der Waals surface area contributed by atoms with Crippen molar-refractivity contribution in [2.24, 2.45) is 5.41 Å². The average Bonchev–Trinajstić information content (AvgIpc) is 2.93. The first-order chi connectivity index (χ1) is 20.8. The fourth-order valence-corrected chi connectivity index (χ4v) is 4.63. The predicted octanol–water partition coefficient (Wildman–Crippen LogP) is 12.7. The van der Waals surface area contributed by atoms with Gasteiger partial charge in [-0.3, -0.25) is 4.79 Å². The SMILES string of the molecule is CC(=O)C=CC(C)=CC=CC(C)=CC=CC(C)=CC=CC(C)=CC=CC=C(C)C=CC=C(C)C=CC1=C(C)CCCC1(C)C. The van der Waals surface area contributed by atoms with Crippen molar-refractivity contribution in [3.63, 3.8) is 0 Å². The zero-order chi connectivity index (χ0) is 33.0. The van der Waals surface area contributed by atoms with Crippen LogP contribution in [0, 0.1) is 5.41 Å². The maximum atomic E-state index is 11.0. The third-order valence-electron chi connectivity index (χ3n) is 7.34. The zero-order valence-corrected chi connectivity index (χ0v) is 29.1. The fourth-order valence-electron chi connectivity index (χ4n) is 4.63. The van der Waals surface area contributed by atoms with Crippen molar-refractivity contribution in [3.8, 4) is 0 Å². The molecule has 0 amide bonds. The van der Waals surface area contributed by atoms with Gasteiger partial charge in [0.25, 0.3) is 0 Å². The lowest BCUT2D eigenvalue weighted by molar-refractivity contribution is -0.112. The highest BCUT2D eigenvalue weighted by molar-refractivity contribution is 5.87. The van der Waals surface area contributed by atoms with Crippen LogP contribution in [0.15, 0.2) is 166 Å². The van der Waals surface area contributed by atoms with Crippen molar-refractivity contribution in [2.45, 2.75) is 88.5 Å². The smallest absolute Gasteiger partial charge is 0.152 e. The van der Waals surface area contributed by atoms with E-state index < -0.39 is 0 Å². The van der Waals surface area contributed by atoms with Crippen molar-refractivity contribution in [1.29, 1.82) is 0 Å². The third-order valence-corrected chi connectivity index (χ3v) is 7.34. The molecule has 0 unspecified atom stereocenters. The van der Waals surface area contributed by atoms with Crippen LogP contribution in [0.25, 0.3) is 0 Å². The van der Waals surface area contributed by atoms with Gasteiger partial charge in [-0.25, -0.2) is 0 Å². The quantitative estimate of drug-likeness (QED) is 0.146. The Morgan fingerprint density at radius 2 is 0.886 bits per heavy atom. The van der Waals surface area contributed by atoms with E-state index in [1.807, 2.05) is 25.2 Å². The van der Waals surface area contributed by atoms with Crippen LogP contribution in [-0.4, -0.2) is 5.78 Å². The Bertz CT molecular complexity index is 1400. The maximum Gasteiger partial charge on any atom is 0.152 e. The molecule has 0 fully saturated rings. The molecule has 44 heavy (non-hydrogen) atoms. The second-order valence-corrected chi connectivity index (χ2v) is 12.5. The summed E-state index contributed by atoms with van der Waals surface area (Å²) in [5.41, 5.74) is 10.4. The molecular weight excluding hydrogens is 532 g/mol. The summed E-state index contributed by atoms with van der Waals surface area (Å²) in [6.07, 6.45) is 45.2. The molecule has 0 atom stereocenters. The molecule has 1 nitrogen and oxygen atoms in total. The molecule has 0 aromatic heterocycles. The molecule has 0 bridgehead atoms. The molecule has 0 heterocycles. The number of allylic oxidation sites excluding steroid dienone is 28. The molecule has 234 valence electrons. The fraction of sp³-hybridized carbons (Fsp3) is 0.326. The number of hydrogen-bond donors (Lipinski definition) is 0. The van der Waals surface area contributed by atoms with E-state index in [-0.39, 0.29) is 11.2 Å². The highest BCUT2D eigenvalue weighted by Crippen LogP contribution is 2.40. The van der Waals surface area contributed by atoms with Gasteiger partial charge in [0.2, 0.25) is 0 Å². The van der Waals surface area contributed by atoms with Crippen LogP contribution in [0.1, 0.15) is 88.5 Å². The number of rotatable bonds is 14. The molecule has 0 aliphatic heterocycles. The van der Waals surface area contributed by atoms with Crippen molar-refractivity contribution in [3.05, 3.63) is 166 Å². The zero-order valence-electron chi connectivity index (χ0n) is 29.1. The van der Waals surface area contributed by atoms with Gasteiger partial charge in [0.05, 0.1) is 0 Å². The third kappa shape index (κ3) is 17.9. The normalized spacial score (nSPS) is 18.8. The van der Waals surface area contributed by atoms with Gasteiger partial charge in [-0.1, -0.05) is 168 Å². The summed E-state index contributed by atoms with van der Waals surface area (Å²) in [4.78, 5) is 11.0. The summed E-state index contributed by atoms with van der Waals surface area (Å²) in [6.45, 7) is 21.1. The number of ketones is 1. The average molecular weight is 589 g/mol. The van der Waals surface area contributed by atoms with Crippen LogP contribution in [0.2, 0.25) is 0 Å².